The Kier molecular flexibility index (Phi) is 9.95. The lowest BCUT2D eigenvalue weighted by molar-refractivity contribution is 0.590. The van der Waals surface area contributed by atoms with Crippen LogP contribution in [0.2, 0.25) is 0 Å². The average Bonchev–Trinajstić information content (AvgIpc) is 3.32. The van der Waals surface area contributed by atoms with Crippen LogP contribution in [0.25, 0.3) is 16.2 Å². The highest BCUT2D eigenvalue weighted by Gasteiger charge is 2.08. The molecule has 0 fully saturated rings. The number of benzene rings is 1. The minimum absolute atomic E-state index is 1.10. The van der Waals surface area contributed by atoms with Crippen LogP contribution < -0.4 is 0 Å². The van der Waals surface area contributed by atoms with Gasteiger partial charge in [-0.2, -0.15) is 0 Å². The minimum atomic E-state index is 1.10. The van der Waals surface area contributed by atoms with Crippen LogP contribution in [0.1, 0.15) is 101 Å². The molecular formula is C27H40N2S. The van der Waals surface area contributed by atoms with Crippen molar-refractivity contribution in [3.63, 3.8) is 0 Å². The molecule has 0 amide bonds. The summed E-state index contributed by atoms with van der Waals surface area (Å²) in [7, 11) is 0. The number of aromatic nitrogens is 2. The second-order valence-corrected chi connectivity index (χ2v) is 9.84. The van der Waals surface area contributed by atoms with Crippen molar-refractivity contribution in [3.05, 3.63) is 47.1 Å². The Bertz CT molecular complexity index is 812. The first kappa shape index (κ1) is 23.1. The Morgan fingerprint density at radius 2 is 1.30 bits per heavy atom. The first-order valence-corrected chi connectivity index (χ1v) is 13.2. The summed E-state index contributed by atoms with van der Waals surface area (Å²) in [6.45, 7) is 4.56. The number of hydrogen-bond donors (Lipinski definition) is 0. The third kappa shape index (κ3) is 7.27. The Balaban J connectivity index is 1.45. The van der Waals surface area contributed by atoms with E-state index in [2.05, 4.69) is 54.9 Å². The van der Waals surface area contributed by atoms with Gasteiger partial charge in [0, 0.05) is 22.8 Å². The fourth-order valence-corrected chi connectivity index (χ4v) is 5.13. The van der Waals surface area contributed by atoms with E-state index in [9.17, 15) is 0 Å². The first-order chi connectivity index (χ1) is 14.8. The van der Waals surface area contributed by atoms with Gasteiger partial charge in [0.05, 0.1) is 5.69 Å². The van der Waals surface area contributed by atoms with Crippen molar-refractivity contribution in [1.82, 2.24) is 9.38 Å². The van der Waals surface area contributed by atoms with E-state index in [0.29, 0.717) is 0 Å². The lowest BCUT2D eigenvalue weighted by Gasteiger charge is -2.03. The van der Waals surface area contributed by atoms with Crippen LogP contribution in [0, 0.1) is 0 Å². The summed E-state index contributed by atoms with van der Waals surface area (Å²) in [4.78, 5) is 7.49. The number of hydrogen-bond acceptors (Lipinski definition) is 2. The summed E-state index contributed by atoms with van der Waals surface area (Å²) in [6.07, 6.45) is 23.2. The fourth-order valence-electron chi connectivity index (χ4n) is 4.13. The summed E-state index contributed by atoms with van der Waals surface area (Å²) in [5.74, 6) is 0. The predicted molar refractivity (Wildman–Crippen MR) is 133 cm³/mol. The van der Waals surface area contributed by atoms with Crippen molar-refractivity contribution in [2.75, 3.05) is 0 Å². The van der Waals surface area contributed by atoms with E-state index in [1.807, 2.05) is 11.3 Å². The largest absolute Gasteiger partial charge is 0.297 e. The van der Waals surface area contributed by atoms with Gasteiger partial charge < -0.3 is 0 Å². The highest BCUT2D eigenvalue weighted by atomic mass is 32.1. The number of nitrogens with zero attached hydrogens (tertiary/aromatic N) is 2. The maximum atomic E-state index is 4.89. The zero-order valence-electron chi connectivity index (χ0n) is 19.2. The lowest BCUT2D eigenvalue weighted by Crippen LogP contribution is -1.87. The highest BCUT2D eigenvalue weighted by Crippen LogP contribution is 2.25. The van der Waals surface area contributed by atoms with Gasteiger partial charge in [-0.05, 0) is 31.2 Å². The molecule has 0 atom stereocenters. The molecule has 3 rings (SSSR count). The Morgan fingerprint density at radius 3 is 1.93 bits per heavy atom. The van der Waals surface area contributed by atoms with Crippen LogP contribution >= 0.6 is 11.3 Å². The normalized spacial score (nSPS) is 11.5. The molecule has 2 aromatic heterocycles. The molecule has 3 aromatic rings. The fraction of sp³-hybridized carbons (Fsp3) is 0.593. The molecule has 0 N–H and O–H groups in total. The summed E-state index contributed by atoms with van der Waals surface area (Å²) in [6, 6.07) is 9.06. The molecule has 0 saturated heterocycles. The van der Waals surface area contributed by atoms with Gasteiger partial charge in [-0.1, -0.05) is 102 Å². The molecular weight excluding hydrogens is 384 g/mol. The third-order valence-corrected chi connectivity index (χ3v) is 7.11. The van der Waals surface area contributed by atoms with Gasteiger partial charge in [0.25, 0.3) is 0 Å². The molecule has 2 heterocycles. The summed E-state index contributed by atoms with van der Waals surface area (Å²) in [5, 5.41) is 0. The minimum Gasteiger partial charge on any atom is -0.297 e. The number of unbranched alkanes of at least 4 members (excludes halogenated alkanes) is 10. The molecule has 1 aromatic carbocycles. The predicted octanol–water partition coefficient (Wildman–Crippen LogP) is 8.87. The molecule has 0 aliphatic rings. The van der Waals surface area contributed by atoms with E-state index in [0.717, 1.165) is 10.7 Å². The quantitative estimate of drug-likeness (QED) is 0.223. The maximum Gasteiger partial charge on any atom is 0.194 e. The Labute approximate surface area is 187 Å². The molecule has 0 spiro atoms. The molecule has 0 bridgehead atoms. The summed E-state index contributed by atoms with van der Waals surface area (Å²) >= 11 is 1.86. The molecule has 0 aliphatic heterocycles. The first-order valence-electron chi connectivity index (χ1n) is 12.4. The molecule has 0 unspecified atom stereocenters. The number of fused-ring (bicyclic) bond motifs is 1. The smallest absolute Gasteiger partial charge is 0.194 e. The third-order valence-electron chi connectivity index (χ3n) is 6.05. The monoisotopic (exact) mass is 424 g/mol. The van der Waals surface area contributed by atoms with Crippen molar-refractivity contribution >= 4 is 16.3 Å². The standard InChI is InChI=1S/C27H40N2S/c1-3-5-7-9-10-12-14-16-25-21-29-22-26(28-27(29)30-25)24-19-17-23(18-20-24)15-13-11-8-6-4-2/h17-22H,3-16H2,1-2H3. The van der Waals surface area contributed by atoms with Crippen LogP contribution in [0.4, 0.5) is 0 Å². The van der Waals surface area contributed by atoms with Gasteiger partial charge in [0.15, 0.2) is 4.96 Å². The molecule has 164 valence electrons. The highest BCUT2D eigenvalue weighted by molar-refractivity contribution is 7.17. The zero-order chi connectivity index (χ0) is 21.0. The lowest BCUT2D eigenvalue weighted by atomic mass is 10.0. The van der Waals surface area contributed by atoms with Gasteiger partial charge in [-0.3, -0.25) is 4.40 Å². The van der Waals surface area contributed by atoms with Crippen LogP contribution in [-0.4, -0.2) is 9.38 Å². The summed E-state index contributed by atoms with van der Waals surface area (Å²) in [5.41, 5.74) is 3.78. The van der Waals surface area contributed by atoms with E-state index >= 15 is 0 Å². The molecule has 0 saturated carbocycles. The van der Waals surface area contributed by atoms with Crippen molar-refractivity contribution in [2.24, 2.45) is 0 Å². The van der Waals surface area contributed by atoms with Gasteiger partial charge in [0.1, 0.15) is 0 Å². The topological polar surface area (TPSA) is 17.3 Å². The van der Waals surface area contributed by atoms with E-state index in [1.165, 1.54) is 106 Å². The van der Waals surface area contributed by atoms with Gasteiger partial charge in [-0.15, -0.1) is 11.3 Å². The second kappa shape index (κ2) is 12.9. The van der Waals surface area contributed by atoms with Crippen molar-refractivity contribution in [2.45, 2.75) is 104 Å². The Hall–Kier alpha value is -1.61. The second-order valence-electron chi connectivity index (χ2n) is 8.75. The van der Waals surface area contributed by atoms with Crippen LogP contribution in [-0.2, 0) is 12.8 Å². The zero-order valence-corrected chi connectivity index (χ0v) is 20.0. The van der Waals surface area contributed by atoms with Crippen LogP contribution in [0.15, 0.2) is 36.7 Å². The SMILES string of the molecule is CCCCCCCCCc1cn2cc(-c3ccc(CCCCCCC)cc3)nc2s1. The molecule has 30 heavy (non-hydrogen) atoms. The summed E-state index contributed by atoms with van der Waals surface area (Å²) < 4.78 is 2.22. The number of imidazole rings is 1. The van der Waals surface area contributed by atoms with Crippen molar-refractivity contribution in [3.8, 4) is 11.3 Å². The van der Waals surface area contributed by atoms with Crippen molar-refractivity contribution < 1.29 is 0 Å². The number of rotatable bonds is 15. The van der Waals surface area contributed by atoms with Gasteiger partial charge in [0.2, 0.25) is 0 Å². The van der Waals surface area contributed by atoms with Crippen LogP contribution in [0.5, 0.6) is 0 Å². The Morgan fingerprint density at radius 1 is 0.700 bits per heavy atom. The maximum absolute atomic E-state index is 4.89. The van der Waals surface area contributed by atoms with Gasteiger partial charge >= 0.3 is 0 Å². The van der Waals surface area contributed by atoms with E-state index in [-0.39, 0.29) is 0 Å². The van der Waals surface area contributed by atoms with Crippen LogP contribution in [0.3, 0.4) is 0 Å². The van der Waals surface area contributed by atoms with E-state index in [4.69, 9.17) is 4.98 Å². The molecule has 2 nitrogen and oxygen atoms in total. The van der Waals surface area contributed by atoms with E-state index in [1.54, 1.807) is 0 Å². The molecule has 0 radical (unpaired) electrons. The number of aryl methyl sites for hydroxylation is 2. The van der Waals surface area contributed by atoms with Gasteiger partial charge in [-0.25, -0.2) is 4.98 Å². The average molecular weight is 425 g/mol. The van der Waals surface area contributed by atoms with E-state index < -0.39 is 0 Å². The van der Waals surface area contributed by atoms with Crippen molar-refractivity contribution in [1.29, 1.82) is 0 Å². The number of thiazole rings is 1. The molecule has 3 heteroatoms. The molecule has 0 aliphatic carbocycles.